The number of aliphatic carboxylic acids is 1. The van der Waals surface area contributed by atoms with Crippen LogP contribution in [0.2, 0.25) is 0 Å². The zero-order chi connectivity index (χ0) is 67.9. The molecule has 0 aromatic heterocycles. The number of unbranched alkanes of at least 4 members (excludes halogenated alkanes) is 1. The smallest absolute Gasteiger partial charge is 0.322 e. The summed E-state index contributed by atoms with van der Waals surface area (Å²) in [7, 11) is 1.66. The lowest BCUT2D eigenvalue weighted by atomic mass is 9.97. The molecule has 0 aromatic carbocycles. The van der Waals surface area contributed by atoms with Gasteiger partial charge in [-0.25, -0.2) is 0 Å². The fourth-order valence-electron chi connectivity index (χ4n) is 9.41. The molecule has 0 bridgehead atoms. The SMILES string of the molecule is CC[C@H](C)C(N)C(=O)NC(CO[C@H]1OC(CO)[C@H](O)C(O)C1NC(C)=O)C(=O)NC(CO[C@H]1OC(CO)[C@H](O)C(O)C1NC(C)=O)C(=O)NC(CO[C@H]1OC(CO)[C@H](O)C(O)C1NC(C)=O)C(=O)NC(C(=O)N[C@@H](CCCCNC)C(=O)NCC(=O)O)[C@@H](C)O. The molecule has 0 aliphatic carbocycles. The highest BCUT2D eigenvalue weighted by molar-refractivity contribution is 5.97. The average Bonchev–Trinajstić information content (AvgIpc) is 0.942. The summed E-state index contributed by atoms with van der Waals surface area (Å²) >= 11 is 0. The summed E-state index contributed by atoms with van der Waals surface area (Å²) in [6, 6.07) is -16.3. The normalized spacial score (nSPS) is 29.4. The van der Waals surface area contributed by atoms with E-state index in [9.17, 15) is 99.3 Å². The van der Waals surface area contributed by atoms with E-state index in [2.05, 4.69) is 53.2 Å². The molecule has 23 atom stereocenters. The predicted octanol–water partition coefficient (Wildman–Crippen LogP) is -12.4. The molecule has 38 heteroatoms. The van der Waals surface area contributed by atoms with Crippen molar-refractivity contribution in [2.24, 2.45) is 11.7 Å². The molecule has 0 aromatic rings. The third-order valence-electron chi connectivity index (χ3n) is 14.8. The number of carboxylic acids is 1. The Labute approximate surface area is 516 Å². The van der Waals surface area contributed by atoms with Gasteiger partial charge >= 0.3 is 5.97 Å². The summed E-state index contributed by atoms with van der Waals surface area (Å²) in [5.41, 5.74) is 6.24. The number of carbonyl (C=O) groups excluding carboxylic acids is 9. The van der Waals surface area contributed by atoms with Gasteiger partial charge in [0.2, 0.25) is 53.2 Å². The summed E-state index contributed by atoms with van der Waals surface area (Å²) < 4.78 is 34.5. The van der Waals surface area contributed by atoms with Gasteiger partial charge in [-0.15, -0.1) is 0 Å². The highest BCUT2D eigenvalue weighted by Gasteiger charge is 2.49. The first-order valence-corrected chi connectivity index (χ1v) is 29.0. The molecule has 90 heavy (non-hydrogen) atoms. The van der Waals surface area contributed by atoms with E-state index in [4.69, 9.17) is 34.2 Å². The van der Waals surface area contributed by atoms with Gasteiger partial charge in [0.1, 0.15) is 110 Å². The summed E-state index contributed by atoms with van der Waals surface area (Å²) in [5, 5.41) is 139. The molecule has 3 heterocycles. The van der Waals surface area contributed by atoms with Crippen molar-refractivity contribution in [2.45, 2.75) is 202 Å². The first kappa shape index (κ1) is 78.2. The van der Waals surface area contributed by atoms with E-state index in [-0.39, 0.29) is 12.8 Å². The minimum atomic E-state index is -2.24. The lowest BCUT2D eigenvalue weighted by Gasteiger charge is -2.42. The van der Waals surface area contributed by atoms with Crippen LogP contribution in [0.3, 0.4) is 0 Å². The molecule has 23 N–H and O–H groups in total. The van der Waals surface area contributed by atoms with Crippen LogP contribution in [-0.4, -0.2) is 309 Å². The standard InChI is InChI=1S/C52H91N11O27/c1-8-20(2)33(53)48(83)62-27(18-86-51-36(57-23(5)69)42(77)39(74)30(15-65)89-51)46(81)60-26(17-85-50-35(56-22(4)68)41(76)38(73)29(14-64)88-50)45(80)61-28(19-87-52-37(58-24(6)70)43(78)40(75)31(16-66)90-52)47(82)63-34(21(3)67)49(84)59-25(11-9-10-12-54-7)44(79)55-13-32(71)72/h20-21,25-31,33-43,50-52,54,64-67,73-78H,8-19,53H2,1-7H3,(H,55,79)(H,56,68)(H,57,69)(H,58,70)(H,59,84)(H,60,81)(H,61,80)(H,62,83)(H,63,82)(H,71,72)/t20-,21+,25-,26?,27?,28?,29?,30?,31?,33?,34?,35?,36?,37?,38-,39-,40-,41?,42?,43?,50-,51-,52-/m0/s1. The van der Waals surface area contributed by atoms with E-state index >= 15 is 4.79 Å². The maximum Gasteiger partial charge on any atom is 0.322 e. The van der Waals surface area contributed by atoms with Crippen molar-refractivity contribution in [3.63, 3.8) is 0 Å². The van der Waals surface area contributed by atoms with Crippen molar-refractivity contribution in [1.29, 1.82) is 0 Å². The van der Waals surface area contributed by atoms with Gasteiger partial charge in [0.15, 0.2) is 18.9 Å². The minimum absolute atomic E-state index is 0.0876. The highest BCUT2D eigenvalue weighted by Crippen LogP contribution is 2.26. The van der Waals surface area contributed by atoms with Gasteiger partial charge in [0.25, 0.3) is 0 Å². The highest BCUT2D eigenvalue weighted by atomic mass is 16.7. The number of amides is 9. The summed E-state index contributed by atoms with van der Waals surface area (Å²) in [5.74, 6) is -11.9. The van der Waals surface area contributed by atoms with Gasteiger partial charge in [-0.2, -0.15) is 0 Å². The van der Waals surface area contributed by atoms with Gasteiger partial charge in [0.05, 0.1) is 51.8 Å². The fourth-order valence-corrected chi connectivity index (χ4v) is 9.41. The molecule has 0 saturated carbocycles. The monoisotopic (exact) mass is 1300 g/mol. The van der Waals surface area contributed by atoms with E-state index in [0.717, 1.165) is 27.7 Å². The van der Waals surface area contributed by atoms with Crippen LogP contribution >= 0.6 is 0 Å². The molecule has 3 aliphatic rings. The Hall–Kier alpha value is -6.02. The van der Waals surface area contributed by atoms with Crippen LogP contribution in [0.5, 0.6) is 0 Å². The lowest BCUT2D eigenvalue weighted by molar-refractivity contribution is -0.271. The second kappa shape index (κ2) is 38.1. The van der Waals surface area contributed by atoms with E-state index in [1.807, 2.05) is 0 Å². The summed E-state index contributed by atoms with van der Waals surface area (Å²) in [6.07, 6.45) is -22.5. The molecule has 3 fully saturated rings. The molecule has 0 radical (unpaired) electrons. The van der Waals surface area contributed by atoms with Crippen LogP contribution < -0.4 is 58.9 Å². The van der Waals surface area contributed by atoms with Crippen molar-refractivity contribution in [3.8, 4) is 0 Å². The number of carboxylic acid groups (broad SMARTS) is 1. The van der Waals surface area contributed by atoms with Crippen molar-refractivity contribution < 1.29 is 133 Å². The minimum Gasteiger partial charge on any atom is -0.480 e. The second-order valence-corrected chi connectivity index (χ2v) is 21.9. The van der Waals surface area contributed by atoms with Crippen LogP contribution in [-0.2, 0) is 76.4 Å². The lowest BCUT2D eigenvalue weighted by Crippen LogP contribution is -2.66. The zero-order valence-electron chi connectivity index (χ0n) is 50.8. The third kappa shape index (κ3) is 23.3. The maximum absolute atomic E-state index is 15.0. The zero-order valence-corrected chi connectivity index (χ0v) is 50.8. The van der Waals surface area contributed by atoms with E-state index in [1.165, 1.54) is 0 Å². The van der Waals surface area contributed by atoms with Crippen LogP contribution in [0.4, 0.5) is 0 Å². The number of hydrogen-bond acceptors (Lipinski definition) is 28. The van der Waals surface area contributed by atoms with Crippen LogP contribution in [0.1, 0.15) is 67.2 Å². The van der Waals surface area contributed by atoms with Crippen molar-refractivity contribution in [2.75, 3.05) is 59.8 Å². The number of carbonyl (C=O) groups is 10. The van der Waals surface area contributed by atoms with Crippen LogP contribution in [0.15, 0.2) is 0 Å². The van der Waals surface area contributed by atoms with Crippen LogP contribution in [0.25, 0.3) is 0 Å². The largest absolute Gasteiger partial charge is 0.480 e. The first-order valence-electron chi connectivity index (χ1n) is 29.0. The molecular formula is C52H91N11O27. The fraction of sp³-hybridized carbons (Fsp3) is 0.808. The molecule has 516 valence electrons. The van der Waals surface area contributed by atoms with Crippen molar-refractivity contribution >= 4 is 59.1 Å². The topological polar surface area (TPSA) is 595 Å². The number of nitrogens with one attached hydrogen (secondary N) is 10. The Balaban J connectivity index is 2.25. The van der Waals surface area contributed by atoms with Gasteiger partial charge in [0, 0.05) is 20.8 Å². The average molecular weight is 1300 g/mol. The van der Waals surface area contributed by atoms with Crippen molar-refractivity contribution in [3.05, 3.63) is 0 Å². The Morgan fingerprint density at radius 2 is 0.867 bits per heavy atom. The quantitative estimate of drug-likeness (QED) is 0.0259. The number of nitrogens with two attached hydrogens (primary N) is 1. The van der Waals surface area contributed by atoms with E-state index in [1.54, 1.807) is 20.9 Å². The molecule has 0 spiro atoms. The molecule has 3 saturated heterocycles. The van der Waals surface area contributed by atoms with Crippen molar-refractivity contribution in [1.82, 2.24) is 53.2 Å². The first-order chi connectivity index (χ1) is 42.3. The molecule has 38 nitrogen and oxygen atoms in total. The molecule has 3 aliphatic heterocycles. The van der Waals surface area contributed by atoms with Gasteiger partial charge in [-0.05, 0) is 45.7 Å². The number of ether oxygens (including phenoxy) is 6. The van der Waals surface area contributed by atoms with Crippen LogP contribution in [0, 0.1) is 5.92 Å². The summed E-state index contributed by atoms with van der Waals surface area (Å²) in [4.78, 5) is 134. The van der Waals surface area contributed by atoms with Gasteiger partial charge in [-0.3, -0.25) is 47.9 Å². The number of rotatable bonds is 36. The molecule has 3 rings (SSSR count). The maximum atomic E-state index is 15.0. The molecular weight excluding hydrogens is 1210 g/mol. The Morgan fingerprint density at radius 1 is 0.511 bits per heavy atom. The molecule has 9 amide bonds. The number of aliphatic hydroxyl groups excluding tert-OH is 10. The van der Waals surface area contributed by atoms with Gasteiger partial charge in [-0.1, -0.05) is 20.3 Å². The Kier molecular flexibility index (Phi) is 33.1. The molecule has 14 unspecified atom stereocenters. The Morgan fingerprint density at radius 3 is 1.19 bits per heavy atom. The number of hydrogen-bond donors (Lipinski definition) is 22. The van der Waals surface area contributed by atoms with E-state index in [0.29, 0.717) is 19.4 Å². The van der Waals surface area contributed by atoms with Gasteiger partial charge < -0.3 is 143 Å². The Bertz CT molecular complexity index is 2370. The van der Waals surface area contributed by atoms with E-state index < -0.39 is 246 Å². The third-order valence-corrected chi connectivity index (χ3v) is 14.8. The second-order valence-electron chi connectivity index (χ2n) is 21.9. The summed E-state index contributed by atoms with van der Waals surface area (Å²) in [6.45, 7) is 0.813. The predicted molar refractivity (Wildman–Crippen MR) is 301 cm³/mol. The number of aliphatic hydroxyl groups is 10.